The van der Waals surface area contributed by atoms with E-state index in [4.69, 9.17) is 9.26 Å². The molecule has 1 N–H and O–H groups in total. The average Bonchev–Trinajstić information content (AvgIpc) is 3.17. The zero-order valence-corrected chi connectivity index (χ0v) is 23.1. The van der Waals surface area contributed by atoms with Crippen molar-refractivity contribution in [3.8, 4) is 0 Å². The number of hydrogen-bond acceptors (Lipinski definition) is 7. The number of aliphatic imine (C=N–C) groups is 2. The average molecular weight is 567 g/mol. The zero-order valence-electron chi connectivity index (χ0n) is 20.7. The van der Waals surface area contributed by atoms with Gasteiger partial charge in [0.15, 0.2) is 11.6 Å². The van der Waals surface area contributed by atoms with Crippen molar-refractivity contribution in [1.29, 1.82) is 0 Å². The summed E-state index contributed by atoms with van der Waals surface area (Å²) in [6, 6.07) is 5.56. The molecule has 0 bridgehead atoms. The van der Waals surface area contributed by atoms with Crippen molar-refractivity contribution in [2.24, 2.45) is 9.98 Å². The van der Waals surface area contributed by atoms with Crippen molar-refractivity contribution in [3.05, 3.63) is 51.8 Å². The van der Waals surface area contributed by atoms with Crippen molar-refractivity contribution >= 4 is 44.5 Å². The predicted molar refractivity (Wildman–Crippen MR) is 141 cm³/mol. The number of aromatic nitrogens is 1. The zero-order chi connectivity index (χ0) is 25.8. The molecule has 0 fully saturated rings. The van der Waals surface area contributed by atoms with Crippen LogP contribution in [0.4, 0.5) is 5.82 Å². The molecule has 2 heterocycles. The van der Waals surface area contributed by atoms with Crippen molar-refractivity contribution in [3.63, 3.8) is 0 Å². The molecule has 0 radical (unpaired) electrons. The van der Waals surface area contributed by atoms with Crippen LogP contribution in [0.15, 0.2) is 54.4 Å². The Labute approximate surface area is 215 Å². The molecule has 9 nitrogen and oxygen atoms in total. The van der Waals surface area contributed by atoms with Gasteiger partial charge in [-0.15, -0.1) is 0 Å². The van der Waals surface area contributed by atoms with Crippen LogP contribution in [0, 0.1) is 0 Å². The fourth-order valence-corrected chi connectivity index (χ4v) is 5.70. The first-order valence-corrected chi connectivity index (χ1v) is 13.6. The Balaban J connectivity index is 1.76. The summed E-state index contributed by atoms with van der Waals surface area (Å²) in [5.41, 5.74) is 1.79. The SMILES string of the molecule is C=NC(=N/C=C/[C@@H](C)N1CCc2ccc(S(=O)(=O)Nc3noc(C(C)(C)C)c3Br)cc2C1)OCC. The van der Waals surface area contributed by atoms with Crippen LogP contribution < -0.4 is 4.72 Å². The highest BCUT2D eigenvalue weighted by Gasteiger charge is 2.28. The molecular weight excluding hydrogens is 534 g/mol. The number of nitrogens with zero attached hydrogens (tertiary/aromatic N) is 4. The third-order valence-corrected chi connectivity index (χ3v) is 7.68. The van der Waals surface area contributed by atoms with Crippen LogP contribution in [0.3, 0.4) is 0 Å². The van der Waals surface area contributed by atoms with Gasteiger partial charge in [0, 0.05) is 30.7 Å². The monoisotopic (exact) mass is 565 g/mol. The summed E-state index contributed by atoms with van der Waals surface area (Å²) >= 11 is 3.42. The number of halogens is 1. The Morgan fingerprint density at radius 1 is 1.40 bits per heavy atom. The molecule has 0 aliphatic carbocycles. The quantitative estimate of drug-likeness (QED) is 0.378. The molecule has 0 unspecified atom stereocenters. The first-order chi connectivity index (χ1) is 16.5. The highest BCUT2D eigenvalue weighted by Crippen LogP contribution is 2.35. The fraction of sp³-hybridized carbons (Fsp3) is 0.458. The summed E-state index contributed by atoms with van der Waals surface area (Å²) in [5, 5.41) is 3.92. The molecule has 11 heteroatoms. The Bertz CT molecular complexity index is 1230. The van der Waals surface area contributed by atoms with E-state index in [0.29, 0.717) is 23.4 Å². The summed E-state index contributed by atoms with van der Waals surface area (Å²) in [6.45, 7) is 15.2. The molecule has 2 aromatic rings. The molecule has 1 aliphatic heterocycles. The highest BCUT2D eigenvalue weighted by atomic mass is 79.9. The standard InChI is InChI=1S/C24H32BrN5O4S/c1-7-33-23(26-6)27-12-10-16(2)30-13-11-17-8-9-19(14-18(17)15-30)35(31,32)29-22-20(25)21(34-28-22)24(3,4)5/h8-10,12,14,16H,6-7,11,13,15H2,1-5H3,(H,28,29)/b12-10+,27-23?/t16-/m1/s1. The Morgan fingerprint density at radius 2 is 2.14 bits per heavy atom. The number of nitrogens with one attached hydrogen (secondary N) is 1. The first-order valence-electron chi connectivity index (χ1n) is 11.3. The number of hydrogen-bond donors (Lipinski definition) is 1. The van der Waals surface area contributed by atoms with Crippen LogP contribution in [-0.2, 0) is 33.1 Å². The fourth-order valence-electron chi connectivity index (χ4n) is 3.67. The van der Waals surface area contributed by atoms with E-state index < -0.39 is 10.0 Å². The van der Waals surface area contributed by atoms with Gasteiger partial charge in [0.1, 0.15) is 4.47 Å². The minimum atomic E-state index is -3.85. The number of fused-ring (bicyclic) bond motifs is 1. The second-order valence-electron chi connectivity index (χ2n) is 9.27. The lowest BCUT2D eigenvalue weighted by Crippen LogP contribution is -2.36. The van der Waals surface area contributed by atoms with Gasteiger partial charge in [0.25, 0.3) is 10.0 Å². The van der Waals surface area contributed by atoms with Gasteiger partial charge < -0.3 is 9.26 Å². The van der Waals surface area contributed by atoms with Crippen molar-refractivity contribution < 1.29 is 17.7 Å². The summed E-state index contributed by atoms with van der Waals surface area (Å²) in [6.07, 6.45) is 4.44. The van der Waals surface area contributed by atoms with Crippen LogP contribution in [0.5, 0.6) is 0 Å². The lowest BCUT2D eigenvalue weighted by atomic mass is 9.93. The molecule has 190 valence electrons. The first kappa shape index (κ1) is 27.1. The number of ether oxygens (including phenoxy) is 1. The molecule has 1 aliphatic rings. The molecule has 3 rings (SSSR count). The normalized spacial score (nSPS) is 16.2. The number of amidine groups is 1. The van der Waals surface area contributed by atoms with Crippen LogP contribution in [0.2, 0.25) is 0 Å². The third kappa shape index (κ3) is 6.59. The predicted octanol–water partition coefficient (Wildman–Crippen LogP) is 4.89. The van der Waals surface area contributed by atoms with Crippen LogP contribution in [0.1, 0.15) is 51.5 Å². The van der Waals surface area contributed by atoms with Crippen LogP contribution in [-0.4, -0.2) is 50.4 Å². The number of benzene rings is 1. The highest BCUT2D eigenvalue weighted by molar-refractivity contribution is 9.10. The minimum Gasteiger partial charge on any atom is -0.464 e. The van der Waals surface area contributed by atoms with E-state index in [9.17, 15) is 8.42 Å². The van der Waals surface area contributed by atoms with E-state index in [1.165, 1.54) is 0 Å². The molecule has 0 spiro atoms. The van der Waals surface area contributed by atoms with E-state index in [-0.39, 0.29) is 28.2 Å². The molecular formula is C24H32BrN5O4S. The van der Waals surface area contributed by atoms with E-state index >= 15 is 0 Å². The molecule has 0 saturated carbocycles. The van der Waals surface area contributed by atoms with E-state index in [1.807, 2.05) is 39.8 Å². The number of rotatable bonds is 7. The van der Waals surface area contributed by atoms with Gasteiger partial charge in [-0.1, -0.05) is 32.0 Å². The maximum atomic E-state index is 13.1. The maximum Gasteiger partial charge on any atom is 0.315 e. The Hall–Kier alpha value is -2.50. The number of sulfonamides is 1. The molecule has 1 aromatic carbocycles. The molecule has 35 heavy (non-hydrogen) atoms. The van der Waals surface area contributed by atoms with Crippen LogP contribution >= 0.6 is 15.9 Å². The molecule has 0 amide bonds. The van der Waals surface area contributed by atoms with E-state index in [2.05, 4.69) is 54.3 Å². The maximum absolute atomic E-state index is 13.1. The summed E-state index contributed by atoms with van der Waals surface area (Å²) in [5.74, 6) is 0.703. The van der Waals surface area contributed by atoms with Crippen LogP contribution in [0.25, 0.3) is 0 Å². The smallest absolute Gasteiger partial charge is 0.315 e. The summed E-state index contributed by atoms with van der Waals surface area (Å²) in [7, 11) is -3.85. The van der Waals surface area contributed by atoms with E-state index in [1.54, 1.807) is 18.3 Å². The summed E-state index contributed by atoms with van der Waals surface area (Å²) in [4.78, 5) is 10.3. The molecule has 0 saturated heterocycles. The lowest BCUT2D eigenvalue weighted by Gasteiger charge is -2.32. The van der Waals surface area contributed by atoms with Gasteiger partial charge >= 0.3 is 6.02 Å². The van der Waals surface area contributed by atoms with Crippen molar-refractivity contribution in [2.75, 3.05) is 17.9 Å². The van der Waals surface area contributed by atoms with Crippen molar-refractivity contribution in [1.82, 2.24) is 10.1 Å². The second kappa shape index (κ2) is 11.0. The Kier molecular flexibility index (Phi) is 8.55. The van der Waals surface area contributed by atoms with Gasteiger partial charge in [0.05, 0.1) is 11.5 Å². The Morgan fingerprint density at radius 3 is 2.77 bits per heavy atom. The lowest BCUT2D eigenvalue weighted by molar-refractivity contribution is 0.221. The van der Waals surface area contributed by atoms with Gasteiger partial charge in [-0.25, -0.2) is 18.4 Å². The largest absolute Gasteiger partial charge is 0.464 e. The topological polar surface area (TPSA) is 109 Å². The second-order valence-corrected chi connectivity index (χ2v) is 11.7. The van der Waals surface area contributed by atoms with E-state index in [0.717, 1.165) is 24.1 Å². The number of anilines is 1. The molecule has 1 atom stereocenters. The van der Waals surface area contributed by atoms with Gasteiger partial charge in [-0.05, 0) is 72.3 Å². The van der Waals surface area contributed by atoms with Gasteiger partial charge in [-0.2, -0.15) is 0 Å². The summed E-state index contributed by atoms with van der Waals surface area (Å²) < 4.78 is 39.9. The van der Waals surface area contributed by atoms with Gasteiger partial charge in [0.2, 0.25) is 0 Å². The third-order valence-electron chi connectivity index (χ3n) is 5.61. The molecule has 1 aromatic heterocycles. The minimum absolute atomic E-state index is 0.0832. The van der Waals surface area contributed by atoms with Gasteiger partial charge in [-0.3, -0.25) is 9.62 Å². The van der Waals surface area contributed by atoms with Crippen molar-refractivity contribution in [2.45, 2.75) is 63.9 Å².